The highest BCUT2D eigenvalue weighted by Crippen LogP contribution is 2.27. The van der Waals surface area contributed by atoms with Crippen molar-refractivity contribution >= 4 is 11.7 Å². The van der Waals surface area contributed by atoms with Crippen molar-refractivity contribution in [3.8, 4) is 0 Å². The van der Waals surface area contributed by atoms with Crippen LogP contribution in [0.1, 0.15) is 23.4 Å². The van der Waals surface area contributed by atoms with Gasteiger partial charge >= 0.3 is 5.97 Å². The molecule has 0 bridgehead atoms. The van der Waals surface area contributed by atoms with E-state index in [1.54, 1.807) is 0 Å². The lowest BCUT2D eigenvalue weighted by atomic mass is 10.1. The van der Waals surface area contributed by atoms with Gasteiger partial charge in [-0.25, -0.2) is 13.8 Å². The zero-order valence-corrected chi connectivity index (χ0v) is 8.68. The first-order valence-corrected chi connectivity index (χ1v) is 4.47. The fourth-order valence-electron chi connectivity index (χ4n) is 1.39. The minimum absolute atomic E-state index is 0.0310. The van der Waals surface area contributed by atoms with Crippen molar-refractivity contribution in [2.45, 2.75) is 19.8 Å². The summed E-state index contributed by atoms with van der Waals surface area (Å²) in [6.07, 6.45) is -3.67. The van der Waals surface area contributed by atoms with Gasteiger partial charge in [-0.05, 0) is 13.0 Å². The van der Waals surface area contributed by atoms with Crippen LogP contribution in [-0.2, 0) is 11.2 Å². The first kappa shape index (κ1) is 12.9. The third-order valence-electron chi connectivity index (χ3n) is 2.00. The van der Waals surface area contributed by atoms with Crippen LogP contribution in [0.15, 0.2) is 6.07 Å². The summed E-state index contributed by atoms with van der Waals surface area (Å²) in [6, 6.07) is 0.883. The summed E-state index contributed by atoms with van der Waals surface area (Å²) in [4.78, 5) is 23.7. The van der Waals surface area contributed by atoms with E-state index in [9.17, 15) is 23.7 Å². The Morgan fingerprint density at radius 2 is 2.24 bits per heavy atom. The SMILES string of the molecule is Cc1cc(C(F)F)nc(CC(=O)O)c1[N+](=O)[O-]. The Hall–Kier alpha value is -2.12. The van der Waals surface area contributed by atoms with Crippen molar-refractivity contribution in [3.63, 3.8) is 0 Å². The molecule has 0 aliphatic carbocycles. The quantitative estimate of drug-likeness (QED) is 0.646. The highest BCUT2D eigenvalue weighted by molar-refractivity contribution is 5.71. The summed E-state index contributed by atoms with van der Waals surface area (Å²) in [5.74, 6) is -1.37. The average molecular weight is 246 g/mol. The summed E-state index contributed by atoms with van der Waals surface area (Å²) < 4.78 is 24.8. The third kappa shape index (κ3) is 2.92. The number of aromatic nitrogens is 1. The second-order valence-corrected chi connectivity index (χ2v) is 3.29. The predicted molar refractivity (Wildman–Crippen MR) is 51.9 cm³/mol. The van der Waals surface area contributed by atoms with Crippen molar-refractivity contribution in [2.24, 2.45) is 0 Å². The molecule has 92 valence electrons. The molecule has 1 aromatic rings. The molecule has 0 atom stereocenters. The number of nitrogens with zero attached hydrogens (tertiary/aromatic N) is 2. The van der Waals surface area contributed by atoms with Gasteiger partial charge in [-0.2, -0.15) is 0 Å². The number of hydrogen-bond donors (Lipinski definition) is 1. The van der Waals surface area contributed by atoms with Crippen LogP contribution in [0.2, 0.25) is 0 Å². The first-order valence-electron chi connectivity index (χ1n) is 4.47. The zero-order chi connectivity index (χ0) is 13.2. The standard InChI is InChI=1S/C9H8F2N2O4/c1-4-2-6(9(10)11)12-5(3-7(14)15)8(4)13(16)17/h2,9H,3H2,1H3,(H,14,15). The third-order valence-corrected chi connectivity index (χ3v) is 2.00. The van der Waals surface area contributed by atoms with E-state index < -0.39 is 40.8 Å². The van der Waals surface area contributed by atoms with Gasteiger partial charge in [-0.15, -0.1) is 0 Å². The number of hydrogen-bond acceptors (Lipinski definition) is 4. The number of alkyl halides is 2. The molecule has 0 saturated carbocycles. The highest BCUT2D eigenvalue weighted by atomic mass is 19.3. The van der Waals surface area contributed by atoms with Gasteiger partial charge in [0.15, 0.2) is 0 Å². The van der Waals surface area contributed by atoms with Crippen molar-refractivity contribution in [1.82, 2.24) is 4.98 Å². The molecule has 8 heteroatoms. The minimum atomic E-state index is -2.90. The van der Waals surface area contributed by atoms with Crippen molar-refractivity contribution in [3.05, 3.63) is 33.1 Å². The van der Waals surface area contributed by atoms with E-state index in [2.05, 4.69) is 4.98 Å². The number of pyridine rings is 1. The molecule has 1 heterocycles. The summed E-state index contributed by atoms with van der Waals surface area (Å²) in [5.41, 5.74) is -1.68. The second-order valence-electron chi connectivity index (χ2n) is 3.29. The van der Waals surface area contributed by atoms with E-state index in [1.165, 1.54) is 6.92 Å². The van der Waals surface area contributed by atoms with Gasteiger partial charge in [-0.3, -0.25) is 14.9 Å². The molecule has 0 unspecified atom stereocenters. The Labute approximate surface area is 94.1 Å². The normalized spacial score (nSPS) is 10.6. The monoisotopic (exact) mass is 246 g/mol. The van der Waals surface area contributed by atoms with Crippen LogP contribution in [-0.4, -0.2) is 21.0 Å². The number of carboxylic acid groups (broad SMARTS) is 1. The lowest BCUT2D eigenvalue weighted by molar-refractivity contribution is -0.386. The van der Waals surface area contributed by atoms with E-state index in [-0.39, 0.29) is 5.56 Å². The van der Waals surface area contributed by atoms with Gasteiger partial charge in [0.05, 0.1) is 11.3 Å². The van der Waals surface area contributed by atoms with Crippen LogP contribution in [0.4, 0.5) is 14.5 Å². The predicted octanol–water partition coefficient (Wildman–Crippen LogP) is 1.86. The molecule has 0 amide bonds. The molecule has 0 fully saturated rings. The maximum absolute atomic E-state index is 12.4. The summed E-state index contributed by atoms with van der Waals surface area (Å²) in [7, 11) is 0. The number of nitro groups is 1. The van der Waals surface area contributed by atoms with Crippen LogP contribution >= 0.6 is 0 Å². The lowest BCUT2D eigenvalue weighted by Crippen LogP contribution is -2.09. The van der Waals surface area contributed by atoms with Gasteiger partial charge in [-0.1, -0.05) is 0 Å². The van der Waals surface area contributed by atoms with Gasteiger partial charge in [0.2, 0.25) is 0 Å². The van der Waals surface area contributed by atoms with Gasteiger partial charge < -0.3 is 5.11 Å². The molecule has 6 nitrogen and oxygen atoms in total. The van der Waals surface area contributed by atoms with Gasteiger partial charge in [0.25, 0.3) is 12.1 Å². The molecule has 0 aliphatic heterocycles. The number of rotatable bonds is 4. The van der Waals surface area contributed by atoms with E-state index >= 15 is 0 Å². The average Bonchev–Trinajstić information content (AvgIpc) is 2.14. The van der Waals surface area contributed by atoms with E-state index in [0.717, 1.165) is 6.07 Å². The molecule has 1 N–H and O–H groups in total. The Balaban J connectivity index is 3.38. The zero-order valence-electron chi connectivity index (χ0n) is 8.68. The molecule has 0 radical (unpaired) electrons. The fourth-order valence-corrected chi connectivity index (χ4v) is 1.39. The molecule has 0 spiro atoms. The Bertz CT molecular complexity index is 476. The van der Waals surface area contributed by atoms with Crippen molar-refractivity contribution in [1.29, 1.82) is 0 Å². The van der Waals surface area contributed by atoms with E-state index in [4.69, 9.17) is 5.11 Å². The van der Waals surface area contributed by atoms with Gasteiger partial charge in [0, 0.05) is 5.56 Å². The fraction of sp³-hybridized carbons (Fsp3) is 0.333. The molecule has 1 aromatic heterocycles. The Morgan fingerprint density at radius 1 is 1.65 bits per heavy atom. The molecule has 0 saturated heterocycles. The largest absolute Gasteiger partial charge is 0.481 e. The molecule has 0 aliphatic rings. The summed E-state index contributed by atoms with van der Waals surface area (Å²) >= 11 is 0. The van der Waals surface area contributed by atoms with Crippen LogP contribution < -0.4 is 0 Å². The molecule has 17 heavy (non-hydrogen) atoms. The van der Waals surface area contributed by atoms with Crippen LogP contribution in [0.3, 0.4) is 0 Å². The number of halogens is 2. The van der Waals surface area contributed by atoms with Crippen LogP contribution in [0.5, 0.6) is 0 Å². The minimum Gasteiger partial charge on any atom is -0.481 e. The van der Waals surface area contributed by atoms with Crippen LogP contribution in [0, 0.1) is 17.0 Å². The van der Waals surface area contributed by atoms with Crippen LogP contribution in [0.25, 0.3) is 0 Å². The highest BCUT2D eigenvalue weighted by Gasteiger charge is 2.24. The summed E-state index contributed by atoms with van der Waals surface area (Å²) in [6.45, 7) is 1.26. The number of carbonyl (C=O) groups is 1. The lowest BCUT2D eigenvalue weighted by Gasteiger charge is -2.06. The maximum atomic E-state index is 12.4. The molecule has 1 rings (SSSR count). The van der Waals surface area contributed by atoms with E-state index in [0.29, 0.717) is 0 Å². The van der Waals surface area contributed by atoms with Gasteiger partial charge in [0.1, 0.15) is 11.4 Å². The smallest absolute Gasteiger partial charge is 0.309 e. The molecular weight excluding hydrogens is 238 g/mol. The van der Waals surface area contributed by atoms with Crippen molar-refractivity contribution < 1.29 is 23.6 Å². The summed E-state index contributed by atoms with van der Waals surface area (Å²) in [5, 5.41) is 19.2. The Morgan fingerprint density at radius 3 is 2.65 bits per heavy atom. The second kappa shape index (κ2) is 4.81. The molecule has 0 aromatic carbocycles. The number of aliphatic carboxylic acids is 1. The maximum Gasteiger partial charge on any atom is 0.309 e. The number of aryl methyl sites for hydroxylation is 1. The number of carboxylic acids is 1. The Kier molecular flexibility index (Phi) is 3.66. The van der Waals surface area contributed by atoms with Crippen molar-refractivity contribution in [2.75, 3.05) is 0 Å². The first-order chi connectivity index (χ1) is 7.82. The topological polar surface area (TPSA) is 93.3 Å². The molecular formula is C9H8F2N2O4. The van der Waals surface area contributed by atoms with E-state index in [1.807, 2.05) is 0 Å².